The lowest BCUT2D eigenvalue weighted by atomic mass is 9.97. The van der Waals surface area contributed by atoms with Crippen LogP contribution >= 0.6 is 0 Å². The second-order valence-electron chi connectivity index (χ2n) is 8.47. The second kappa shape index (κ2) is 7.81. The molecule has 0 radical (unpaired) electrons. The van der Waals surface area contributed by atoms with Crippen molar-refractivity contribution in [2.45, 2.75) is 50.9 Å². The fraction of sp³-hybridized carbons (Fsp3) is 0.579. The third-order valence-electron chi connectivity index (χ3n) is 4.83. The summed E-state index contributed by atoms with van der Waals surface area (Å²) in [7, 11) is -3.35. The summed E-state index contributed by atoms with van der Waals surface area (Å²) in [6, 6.07) is -1.61. The molecule has 0 spiro atoms. The Kier molecular flexibility index (Phi) is 5.75. The molecule has 3 rings (SSSR count). The highest BCUT2D eigenvalue weighted by Crippen LogP contribution is 2.26. The Morgan fingerprint density at radius 1 is 1.21 bits per heavy atom. The van der Waals surface area contributed by atoms with E-state index in [1.807, 2.05) is 0 Å². The third-order valence-corrected chi connectivity index (χ3v) is 6.56. The molecule has 1 aliphatic carbocycles. The normalized spacial score (nSPS) is 30.3. The number of hydrogen-bond acceptors (Lipinski definition) is 6. The van der Waals surface area contributed by atoms with Crippen LogP contribution in [0.2, 0.25) is 0 Å². The summed E-state index contributed by atoms with van der Waals surface area (Å²) in [5, 5.41) is 8.36. The number of nitrogens with one attached hydrogen (secondary N) is 3. The first kappa shape index (κ1) is 21.4. The molecule has 10 heteroatoms. The highest BCUT2D eigenvalue weighted by molar-refractivity contribution is 7.91. The minimum atomic E-state index is -3.35. The lowest BCUT2D eigenvalue weighted by Gasteiger charge is -2.33. The average Bonchev–Trinajstić information content (AvgIpc) is 2.98. The van der Waals surface area contributed by atoms with Gasteiger partial charge in [-0.2, -0.15) is 0 Å². The topological polar surface area (TPSA) is 114 Å². The molecule has 2 unspecified atom stereocenters. The van der Waals surface area contributed by atoms with E-state index >= 15 is 0 Å². The predicted molar refractivity (Wildman–Crippen MR) is 105 cm³/mol. The van der Waals surface area contributed by atoms with Gasteiger partial charge >= 0.3 is 6.09 Å². The highest BCUT2D eigenvalue weighted by Gasteiger charge is 2.37. The zero-order valence-electron chi connectivity index (χ0n) is 16.6. The SMILES string of the molecule is CC(C)(C)OC(=O)N[C@@H]1CCS(=O)(=O)C[C@@H]1NC(=O)C1=CC2C=C(F)C=CC2N1. The van der Waals surface area contributed by atoms with Gasteiger partial charge in [-0.25, -0.2) is 17.6 Å². The number of ether oxygens (including phenoxy) is 1. The van der Waals surface area contributed by atoms with Crippen LogP contribution in [0.3, 0.4) is 0 Å². The van der Waals surface area contributed by atoms with Crippen LogP contribution in [0.15, 0.2) is 35.8 Å². The first-order valence-corrected chi connectivity index (χ1v) is 11.3. The summed E-state index contributed by atoms with van der Waals surface area (Å²) in [6.07, 6.45) is 5.48. The van der Waals surface area contributed by atoms with E-state index in [1.54, 1.807) is 32.9 Å². The summed E-state index contributed by atoms with van der Waals surface area (Å²) < 4.78 is 42.8. The van der Waals surface area contributed by atoms with Crippen LogP contribution in [-0.4, -0.2) is 55.7 Å². The first-order valence-electron chi connectivity index (χ1n) is 9.46. The second-order valence-corrected chi connectivity index (χ2v) is 10.7. The lowest BCUT2D eigenvalue weighted by Crippen LogP contribution is -2.59. The maximum absolute atomic E-state index is 13.4. The molecule has 1 saturated heterocycles. The van der Waals surface area contributed by atoms with E-state index in [4.69, 9.17) is 4.74 Å². The summed E-state index contributed by atoms with van der Waals surface area (Å²) >= 11 is 0. The van der Waals surface area contributed by atoms with Gasteiger partial charge in [0, 0.05) is 5.92 Å². The molecule has 0 aromatic carbocycles. The Labute approximate surface area is 169 Å². The number of fused-ring (bicyclic) bond motifs is 1. The lowest BCUT2D eigenvalue weighted by molar-refractivity contribution is -0.118. The molecule has 3 aliphatic rings. The fourth-order valence-corrected chi connectivity index (χ4v) is 5.17. The van der Waals surface area contributed by atoms with Crippen LogP contribution in [0, 0.1) is 5.92 Å². The summed E-state index contributed by atoms with van der Waals surface area (Å²) in [4.78, 5) is 24.8. The Morgan fingerprint density at radius 3 is 2.62 bits per heavy atom. The molecule has 0 aromatic heterocycles. The fourth-order valence-electron chi connectivity index (χ4n) is 3.53. The molecule has 1 fully saturated rings. The van der Waals surface area contributed by atoms with Gasteiger partial charge in [0.2, 0.25) is 0 Å². The average molecular weight is 427 g/mol. The number of amides is 2. The smallest absolute Gasteiger partial charge is 0.407 e. The largest absolute Gasteiger partial charge is 0.444 e. The van der Waals surface area contributed by atoms with Crippen LogP contribution in [0.4, 0.5) is 9.18 Å². The van der Waals surface area contributed by atoms with Crippen molar-refractivity contribution >= 4 is 21.8 Å². The number of halogens is 1. The van der Waals surface area contributed by atoms with Gasteiger partial charge in [-0.15, -0.1) is 0 Å². The molecular weight excluding hydrogens is 401 g/mol. The molecule has 0 bridgehead atoms. The molecule has 29 heavy (non-hydrogen) atoms. The van der Waals surface area contributed by atoms with E-state index in [0.717, 1.165) is 0 Å². The van der Waals surface area contributed by atoms with E-state index in [0.29, 0.717) is 0 Å². The molecule has 0 aromatic rings. The molecule has 0 saturated carbocycles. The standard InChI is InChI=1S/C19H26FN3O5S/c1-19(2,3)28-18(25)23-14-6-7-29(26,27)10-16(14)22-17(24)15-9-11-8-12(20)4-5-13(11)21-15/h4-5,8-9,11,13-14,16,21H,6-7,10H2,1-3H3,(H,22,24)(H,23,25)/t11?,13?,14-,16+/m1/s1. The van der Waals surface area contributed by atoms with Crippen molar-refractivity contribution in [1.82, 2.24) is 16.0 Å². The zero-order valence-corrected chi connectivity index (χ0v) is 17.4. The molecule has 4 atom stereocenters. The van der Waals surface area contributed by atoms with Crippen molar-refractivity contribution < 1.29 is 27.1 Å². The molecule has 8 nitrogen and oxygen atoms in total. The van der Waals surface area contributed by atoms with Gasteiger partial charge < -0.3 is 20.7 Å². The Balaban J connectivity index is 1.68. The molecular formula is C19H26FN3O5S. The number of carbonyl (C=O) groups excluding carboxylic acids is 2. The van der Waals surface area contributed by atoms with E-state index < -0.39 is 39.5 Å². The summed E-state index contributed by atoms with van der Waals surface area (Å²) in [5.74, 6) is -1.52. The third kappa shape index (κ3) is 5.59. The van der Waals surface area contributed by atoms with Crippen molar-refractivity contribution in [3.8, 4) is 0 Å². The van der Waals surface area contributed by atoms with Gasteiger partial charge in [-0.3, -0.25) is 4.79 Å². The quantitative estimate of drug-likeness (QED) is 0.621. The van der Waals surface area contributed by atoms with Crippen molar-refractivity contribution in [3.63, 3.8) is 0 Å². The van der Waals surface area contributed by atoms with Crippen LogP contribution in [0.25, 0.3) is 0 Å². The maximum Gasteiger partial charge on any atom is 0.407 e. The summed E-state index contributed by atoms with van der Waals surface area (Å²) in [5.41, 5.74) is -0.455. The number of allylic oxidation sites excluding steroid dienone is 2. The van der Waals surface area contributed by atoms with Crippen molar-refractivity contribution in [2.24, 2.45) is 5.92 Å². The van der Waals surface area contributed by atoms with Gasteiger partial charge in [0.1, 0.15) is 11.4 Å². The van der Waals surface area contributed by atoms with Crippen molar-refractivity contribution in [3.05, 3.63) is 35.8 Å². The number of hydrogen-bond donors (Lipinski definition) is 3. The first-order chi connectivity index (χ1) is 13.4. The molecule has 2 amide bonds. The predicted octanol–water partition coefficient (Wildman–Crippen LogP) is 1.08. The monoisotopic (exact) mass is 427 g/mol. The van der Waals surface area contributed by atoms with Crippen LogP contribution in [0.1, 0.15) is 27.2 Å². The highest BCUT2D eigenvalue weighted by atomic mass is 32.2. The maximum atomic E-state index is 13.4. The Hall–Kier alpha value is -2.36. The van der Waals surface area contributed by atoms with E-state index in [-0.39, 0.29) is 41.4 Å². The van der Waals surface area contributed by atoms with Gasteiger partial charge in [0.05, 0.1) is 35.3 Å². The number of sulfone groups is 1. The molecule has 2 heterocycles. The number of carbonyl (C=O) groups is 2. The van der Waals surface area contributed by atoms with E-state index in [1.165, 1.54) is 12.2 Å². The van der Waals surface area contributed by atoms with Gasteiger partial charge in [-0.1, -0.05) is 6.08 Å². The zero-order chi connectivity index (χ0) is 21.4. The molecule has 2 aliphatic heterocycles. The molecule has 3 N–H and O–H groups in total. The van der Waals surface area contributed by atoms with Gasteiger partial charge in [0.15, 0.2) is 9.84 Å². The minimum absolute atomic E-state index is 0.0835. The van der Waals surface area contributed by atoms with E-state index in [9.17, 15) is 22.4 Å². The Morgan fingerprint density at radius 2 is 1.93 bits per heavy atom. The minimum Gasteiger partial charge on any atom is -0.444 e. The van der Waals surface area contributed by atoms with E-state index in [2.05, 4.69) is 16.0 Å². The van der Waals surface area contributed by atoms with Crippen LogP contribution in [-0.2, 0) is 19.4 Å². The Bertz CT molecular complexity index is 888. The molecule has 160 valence electrons. The van der Waals surface area contributed by atoms with Gasteiger partial charge in [0.25, 0.3) is 5.91 Å². The van der Waals surface area contributed by atoms with Crippen LogP contribution < -0.4 is 16.0 Å². The number of rotatable bonds is 3. The summed E-state index contributed by atoms with van der Waals surface area (Å²) in [6.45, 7) is 5.17. The number of alkyl carbamates (subject to hydrolysis) is 1. The van der Waals surface area contributed by atoms with Gasteiger partial charge in [-0.05, 0) is 45.4 Å². The van der Waals surface area contributed by atoms with Crippen LogP contribution in [0.5, 0.6) is 0 Å². The van der Waals surface area contributed by atoms with Crippen molar-refractivity contribution in [2.75, 3.05) is 11.5 Å². The van der Waals surface area contributed by atoms with Crippen molar-refractivity contribution in [1.29, 1.82) is 0 Å².